The molecule has 1 fully saturated rings. The highest BCUT2D eigenvalue weighted by Gasteiger charge is 2.39. The van der Waals surface area contributed by atoms with Gasteiger partial charge in [-0.15, -0.1) is 0 Å². The van der Waals surface area contributed by atoms with Gasteiger partial charge in [-0.1, -0.05) is 37.3 Å². The average Bonchev–Trinajstić information content (AvgIpc) is 3.08. The number of carbonyl (C=O) groups excluding carboxylic acids is 3. The van der Waals surface area contributed by atoms with Gasteiger partial charge in [0.25, 0.3) is 0 Å². The van der Waals surface area contributed by atoms with Gasteiger partial charge >= 0.3 is 0 Å². The van der Waals surface area contributed by atoms with Crippen LogP contribution in [0.15, 0.2) is 48.5 Å². The molecular formula is C21H21N3O3. The molecule has 0 aliphatic carbocycles. The zero-order chi connectivity index (χ0) is 19.0. The number of fused-ring (bicyclic) bond motifs is 1. The van der Waals surface area contributed by atoms with E-state index >= 15 is 0 Å². The Labute approximate surface area is 157 Å². The molecule has 2 aromatic rings. The van der Waals surface area contributed by atoms with Crippen LogP contribution < -0.4 is 15.1 Å². The first-order valence-corrected chi connectivity index (χ1v) is 9.17. The van der Waals surface area contributed by atoms with E-state index in [0.29, 0.717) is 17.9 Å². The summed E-state index contributed by atoms with van der Waals surface area (Å²) in [6.07, 6.45) is 0.982. The molecule has 6 nitrogen and oxygen atoms in total. The van der Waals surface area contributed by atoms with E-state index in [2.05, 4.69) is 5.32 Å². The Morgan fingerprint density at radius 3 is 2.56 bits per heavy atom. The fourth-order valence-corrected chi connectivity index (χ4v) is 3.83. The fraction of sp³-hybridized carbons (Fsp3) is 0.286. The molecule has 4 rings (SSSR count). The van der Waals surface area contributed by atoms with Crippen molar-refractivity contribution in [2.75, 3.05) is 28.2 Å². The maximum atomic E-state index is 13.2. The van der Waals surface area contributed by atoms with Gasteiger partial charge in [0.05, 0.1) is 17.3 Å². The first-order valence-electron chi connectivity index (χ1n) is 9.17. The summed E-state index contributed by atoms with van der Waals surface area (Å²) in [5, 5.41) is 2.78. The molecule has 0 radical (unpaired) electrons. The molecule has 2 aliphatic heterocycles. The van der Waals surface area contributed by atoms with Crippen LogP contribution in [-0.4, -0.2) is 30.8 Å². The summed E-state index contributed by atoms with van der Waals surface area (Å²) in [5.74, 6) is -0.910. The highest BCUT2D eigenvalue weighted by molar-refractivity contribution is 6.12. The fourth-order valence-electron chi connectivity index (χ4n) is 3.83. The molecule has 1 unspecified atom stereocenters. The molecule has 27 heavy (non-hydrogen) atoms. The van der Waals surface area contributed by atoms with Crippen molar-refractivity contribution in [3.63, 3.8) is 0 Å². The van der Waals surface area contributed by atoms with Crippen LogP contribution in [0, 0.1) is 5.92 Å². The molecule has 1 saturated heterocycles. The number of rotatable bonds is 3. The lowest BCUT2D eigenvalue weighted by Gasteiger charge is -2.31. The maximum absolute atomic E-state index is 13.2. The standard InChI is InChI=1S/C21H21N3O3/c1-2-14-7-3-5-9-17(14)23-12-15(11-20(23)26)21(27)24-13-19(25)22-16-8-4-6-10-18(16)24/h3-10,15H,2,11-13H2,1H3,(H,22,25). The van der Waals surface area contributed by atoms with Crippen LogP contribution in [0.1, 0.15) is 18.9 Å². The first kappa shape index (κ1) is 17.3. The monoisotopic (exact) mass is 363 g/mol. The number of hydrogen-bond donors (Lipinski definition) is 1. The lowest BCUT2D eigenvalue weighted by Crippen LogP contribution is -2.45. The summed E-state index contributed by atoms with van der Waals surface area (Å²) in [5.41, 5.74) is 3.26. The number of benzene rings is 2. The van der Waals surface area contributed by atoms with Gasteiger partial charge in [-0.25, -0.2) is 0 Å². The minimum Gasteiger partial charge on any atom is -0.323 e. The van der Waals surface area contributed by atoms with Crippen LogP contribution in [0.5, 0.6) is 0 Å². The van der Waals surface area contributed by atoms with Crippen LogP contribution in [0.3, 0.4) is 0 Å². The van der Waals surface area contributed by atoms with Crippen molar-refractivity contribution >= 4 is 34.8 Å². The van der Waals surface area contributed by atoms with Gasteiger partial charge in [0.15, 0.2) is 0 Å². The molecule has 1 N–H and O–H groups in total. The van der Waals surface area contributed by atoms with Crippen molar-refractivity contribution in [2.45, 2.75) is 19.8 Å². The molecule has 2 aliphatic rings. The largest absolute Gasteiger partial charge is 0.323 e. The molecule has 0 bridgehead atoms. The summed E-state index contributed by atoms with van der Waals surface area (Å²) < 4.78 is 0. The van der Waals surface area contributed by atoms with Gasteiger partial charge < -0.3 is 15.1 Å². The van der Waals surface area contributed by atoms with Crippen LogP contribution in [0.4, 0.5) is 17.1 Å². The van der Waals surface area contributed by atoms with E-state index in [1.54, 1.807) is 11.0 Å². The summed E-state index contributed by atoms with van der Waals surface area (Å²) >= 11 is 0. The zero-order valence-electron chi connectivity index (χ0n) is 15.1. The SMILES string of the molecule is CCc1ccccc1N1CC(C(=O)N2CC(=O)Nc3ccccc32)CC1=O. The van der Waals surface area contributed by atoms with Gasteiger partial charge in [-0.3, -0.25) is 14.4 Å². The Morgan fingerprint density at radius 2 is 1.78 bits per heavy atom. The van der Waals surface area contributed by atoms with Crippen LogP contribution >= 0.6 is 0 Å². The van der Waals surface area contributed by atoms with E-state index < -0.39 is 5.92 Å². The Hall–Kier alpha value is -3.15. The molecule has 0 saturated carbocycles. The van der Waals surface area contributed by atoms with Gasteiger partial charge in [-0.2, -0.15) is 0 Å². The first-order chi connectivity index (χ1) is 13.1. The maximum Gasteiger partial charge on any atom is 0.244 e. The van der Waals surface area contributed by atoms with Crippen molar-refractivity contribution in [1.29, 1.82) is 0 Å². The molecule has 3 amide bonds. The van der Waals surface area contributed by atoms with Crippen molar-refractivity contribution in [2.24, 2.45) is 5.92 Å². The molecule has 2 aromatic carbocycles. The number of aryl methyl sites for hydroxylation is 1. The second kappa shape index (κ2) is 6.87. The van der Waals surface area contributed by atoms with E-state index in [4.69, 9.17) is 0 Å². The lowest BCUT2D eigenvalue weighted by atomic mass is 10.1. The zero-order valence-corrected chi connectivity index (χ0v) is 15.1. The number of amides is 3. The predicted molar refractivity (Wildman–Crippen MR) is 104 cm³/mol. The molecule has 138 valence electrons. The molecule has 1 atom stereocenters. The van der Waals surface area contributed by atoms with Crippen molar-refractivity contribution in [3.05, 3.63) is 54.1 Å². The minimum absolute atomic E-state index is 0.0217. The Morgan fingerprint density at radius 1 is 1.07 bits per heavy atom. The summed E-state index contributed by atoms with van der Waals surface area (Å²) in [4.78, 5) is 41.0. The second-order valence-electron chi connectivity index (χ2n) is 6.88. The third-order valence-electron chi connectivity index (χ3n) is 5.17. The number of nitrogens with zero attached hydrogens (tertiary/aromatic N) is 2. The molecule has 0 aromatic heterocycles. The highest BCUT2D eigenvalue weighted by atomic mass is 16.2. The van der Waals surface area contributed by atoms with Crippen molar-refractivity contribution < 1.29 is 14.4 Å². The summed E-state index contributed by atoms with van der Waals surface area (Å²) in [6, 6.07) is 15.0. The van der Waals surface area contributed by atoms with Crippen LogP contribution in [0.25, 0.3) is 0 Å². The Kier molecular flexibility index (Phi) is 4.39. The van der Waals surface area contributed by atoms with E-state index in [9.17, 15) is 14.4 Å². The molecule has 0 spiro atoms. The van der Waals surface area contributed by atoms with Crippen LogP contribution in [-0.2, 0) is 20.8 Å². The third-order valence-corrected chi connectivity index (χ3v) is 5.17. The Bertz CT molecular complexity index is 924. The smallest absolute Gasteiger partial charge is 0.244 e. The van der Waals surface area contributed by atoms with Crippen molar-refractivity contribution in [3.8, 4) is 0 Å². The van der Waals surface area contributed by atoms with Crippen LogP contribution in [0.2, 0.25) is 0 Å². The highest BCUT2D eigenvalue weighted by Crippen LogP contribution is 2.33. The van der Waals surface area contributed by atoms with Crippen molar-refractivity contribution in [1.82, 2.24) is 0 Å². The average molecular weight is 363 g/mol. The summed E-state index contributed by atoms with van der Waals surface area (Å²) in [7, 11) is 0. The number of hydrogen-bond acceptors (Lipinski definition) is 3. The molecule has 2 heterocycles. The minimum atomic E-state index is -0.457. The normalized spacial score (nSPS) is 19.1. The van der Waals surface area contributed by atoms with E-state index in [1.165, 1.54) is 4.90 Å². The number of anilines is 3. The van der Waals surface area contributed by atoms with Gasteiger partial charge in [-0.05, 0) is 30.2 Å². The quantitative estimate of drug-likeness (QED) is 0.911. The van der Waals surface area contributed by atoms with E-state index in [0.717, 1.165) is 17.7 Å². The topological polar surface area (TPSA) is 69.7 Å². The summed E-state index contributed by atoms with van der Waals surface area (Å²) in [6.45, 7) is 2.37. The van der Waals surface area contributed by atoms with E-state index in [-0.39, 0.29) is 30.7 Å². The second-order valence-corrected chi connectivity index (χ2v) is 6.88. The van der Waals surface area contributed by atoms with Gasteiger partial charge in [0.2, 0.25) is 17.7 Å². The number of para-hydroxylation sites is 3. The van der Waals surface area contributed by atoms with Gasteiger partial charge in [0, 0.05) is 18.7 Å². The Balaban J connectivity index is 1.59. The molecular weight excluding hydrogens is 342 g/mol. The third kappa shape index (κ3) is 3.07. The molecule has 6 heteroatoms. The lowest BCUT2D eigenvalue weighted by molar-refractivity contribution is -0.125. The van der Waals surface area contributed by atoms with E-state index in [1.807, 2.05) is 49.4 Å². The predicted octanol–water partition coefficient (Wildman–Crippen LogP) is 2.59. The number of carbonyl (C=O) groups is 3. The van der Waals surface area contributed by atoms with Gasteiger partial charge in [0.1, 0.15) is 6.54 Å². The number of nitrogens with one attached hydrogen (secondary N) is 1.